The van der Waals surface area contributed by atoms with E-state index in [-0.39, 0.29) is 25.4 Å². The normalized spacial score (nSPS) is 11.9. The summed E-state index contributed by atoms with van der Waals surface area (Å²) in [6.45, 7) is 0.313. The van der Waals surface area contributed by atoms with Crippen LogP contribution in [0.1, 0.15) is 42.4 Å². The number of anilines is 2. The SMILES string of the molecule is Nc1cc(N)cc(CCOC(=O)/C=C/c2ccc(OC(F)(F)c3ccc(OCCCCCC(F)(F)F)cc3)cc2)c1. The van der Waals surface area contributed by atoms with E-state index in [1.54, 1.807) is 18.2 Å². The van der Waals surface area contributed by atoms with Crippen molar-refractivity contribution in [1.29, 1.82) is 0 Å². The third-order valence-corrected chi connectivity index (χ3v) is 5.77. The average molecular weight is 579 g/mol. The smallest absolute Gasteiger partial charge is 0.426 e. The zero-order valence-electron chi connectivity index (χ0n) is 22.1. The summed E-state index contributed by atoms with van der Waals surface area (Å²) in [6.07, 6.45) is -4.70. The Kier molecular flexibility index (Phi) is 11.0. The average Bonchev–Trinajstić information content (AvgIpc) is 2.89. The van der Waals surface area contributed by atoms with Crippen LogP contribution >= 0.6 is 0 Å². The number of nitrogen functional groups attached to an aromatic ring is 2. The summed E-state index contributed by atoms with van der Waals surface area (Å²) in [7, 11) is 0. The number of hydrogen-bond donors (Lipinski definition) is 2. The summed E-state index contributed by atoms with van der Waals surface area (Å²) in [4.78, 5) is 12.0. The highest BCUT2D eigenvalue weighted by Gasteiger charge is 2.34. The molecule has 0 spiro atoms. The van der Waals surface area contributed by atoms with Gasteiger partial charge in [0.2, 0.25) is 0 Å². The molecule has 0 saturated carbocycles. The molecule has 0 aliphatic carbocycles. The third kappa shape index (κ3) is 11.4. The van der Waals surface area contributed by atoms with Gasteiger partial charge in [0.15, 0.2) is 0 Å². The summed E-state index contributed by atoms with van der Waals surface area (Å²) < 4.78 is 81.2. The van der Waals surface area contributed by atoms with Crippen molar-refractivity contribution in [1.82, 2.24) is 0 Å². The second kappa shape index (κ2) is 14.4. The maximum atomic E-state index is 14.7. The maximum Gasteiger partial charge on any atom is 0.426 e. The molecule has 0 aromatic heterocycles. The van der Waals surface area contributed by atoms with Crippen molar-refractivity contribution in [2.24, 2.45) is 0 Å². The number of carbonyl (C=O) groups is 1. The minimum atomic E-state index is -4.17. The number of hydrogen-bond acceptors (Lipinski definition) is 6. The van der Waals surface area contributed by atoms with Crippen LogP contribution in [-0.4, -0.2) is 25.4 Å². The standard InChI is InChI=1S/C30H31F5N2O4/c31-29(32,33)15-2-1-3-16-39-26-11-7-23(8-12-26)30(34,35)41-27-9-4-21(5-10-27)6-13-28(38)40-17-14-22-18-24(36)20-25(37)19-22/h4-13,18-20H,1-3,14-17,36-37H2/b13-6+. The Morgan fingerprint density at radius 2 is 1.41 bits per heavy atom. The fraction of sp³-hybridized carbons (Fsp3) is 0.300. The lowest BCUT2D eigenvalue weighted by atomic mass is 10.1. The Morgan fingerprint density at radius 3 is 2.05 bits per heavy atom. The van der Waals surface area contributed by atoms with Gasteiger partial charge in [0.05, 0.1) is 18.8 Å². The minimum Gasteiger partial charge on any atom is -0.494 e. The number of nitrogens with two attached hydrogens (primary N) is 2. The number of benzene rings is 3. The highest BCUT2D eigenvalue weighted by Crippen LogP contribution is 2.33. The molecule has 0 fully saturated rings. The largest absolute Gasteiger partial charge is 0.494 e. The van der Waals surface area contributed by atoms with E-state index in [0.717, 1.165) is 17.7 Å². The Labute approximate surface area is 234 Å². The first-order chi connectivity index (χ1) is 19.4. The van der Waals surface area contributed by atoms with Gasteiger partial charge in [0.25, 0.3) is 0 Å². The van der Waals surface area contributed by atoms with E-state index in [0.29, 0.717) is 42.0 Å². The number of alkyl halides is 5. The third-order valence-electron chi connectivity index (χ3n) is 5.77. The predicted molar refractivity (Wildman–Crippen MR) is 146 cm³/mol. The van der Waals surface area contributed by atoms with Gasteiger partial charge < -0.3 is 25.7 Å². The van der Waals surface area contributed by atoms with Crippen LogP contribution in [0.2, 0.25) is 0 Å². The van der Waals surface area contributed by atoms with Gasteiger partial charge in [-0.2, -0.15) is 22.0 Å². The number of carbonyl (C=O) groups excluding carboxylic acids is 1. The quantitative estimate of drug-likeness (QED) is 0.0686. The van der Waals surface area contributed by atoms with Gasteiger partial charge in [0, 0.05) is 30.3 Å². The first kappa shape index (κ1) is 31.3. The zero-order valence-corrected chi connectivity index (χ0v) is 22.1. The molecule has 0 radical (unpaired) electrons. The molecule has 11 heteroatoms. The molecule has 0 heterocycles. The van der Waals surface area contributed by atoms with Crippen LogP contribution < -0.4 is 20.9 Å². The Hall–Kier alpha value is -4.28. The number of esters is 1. The van der Waals surface area contributed by atoms with Crippen molar-refractivity contribution < 1.29 is 41.0 Å². The monoisotopic (exact) mass is 578 g/mol. The molecule has 0 bridgehead atoms. The molecule has 0 aliphatic heterocycles. The highest BCUT2D eigenvalue weighted by molar-refractivity contribution is 5.87. The van der Waals surface area contributed by atoms with E-state index in [1.807, 2.05) is 0 Å². The van der Waals surface area contributed by atoms with Gasteiger partial charge >= 0.3 is 18.3 Å². The first-order valence-corrected chi connectivity index (χ1v) is 12.9. The lowest BCUT2D eigenvalue weighted by Crippen LogP contribution is -2.21. The van der Waals surface area contributed by atoms with Gasteiger partial charge in [-0.15, -0.1) is 0 Å². The molecule has 220 valence electrons. The van der Waals surface area contributed by atoms with E-state index < -0.39 is 30.2 Å². The summed E-state index contributed by atoms with van der Waals surface area (Å²) in [6, 6.07) is 15.8. The molecule has 3 rings (SSSR count). The topological polar surface area (TPSA) is 96.8 Å². The number of unbranched alkanes of at least 4 members (excludes halogenated alkanes) is 2. The van der Waals surface area contributed by atoms with Crippen LogP contribution in [0.4, 0.5) is 33.3 Å². The van der Waals surface area contributed by atoms with E-state index in [2.05, 4.69) is 0 Å². The van der Waals surface area contributed by atoms with Crippen LogP contribution in [-0.2, 0) is 22.1 Å². The molecule has 3 aromatic carbocycles. The van der Waals surface area contributed by atoms with Crippen LogP contribution in [0.3, 0.4) is 0 Å². The highest BCUT2D eigenvalue weighted by atomic mass is 19.4. The summed E-state index contributed by atoms with van der Waals surface area (Å²) in [5.74, 6) is -0.331. The van der Waals surface area contributed by atoms with Crippen LogP contribution in [0.25, 0.3) is 6.08 Å². The fourth-order valence-electron chi connectivity index (χ4n) is 3.77. The van der Waals surface area contributed by atoms with Crippen molar-refractivity contribution in [3.05, 3.63) is 89.5 Å². The van der Waals surface area contributed by atoms with E-state index >= 15 is 0 Å². The molecule has 0 amide bonds. The first-order valence-electron chi connectivity index (χ1n) is 12.9. The van der Waals surface area contributed by atoms with E-state index in [4.69, 9.17) is 25.7 Å². The van der Waals surface area contributed by atoms with Crippen LogP contribution in [0.15, 0.2) is 72.8 Å². The Bertz CT molecular complexity index is 1270. The van der Waals surface area contributed by atoms with Gasteiger partial charge in [-0.05, 0) is 91.1 Å². The minimum absolute atomic E-state index is 0.0153. The lowest BCUT2D eigenvalue weighted by molar-refractivity contribution is -0.185. The van der Waals surface area contributed by atoms with Gasteiger partial charge in [0.1, 0.15) is 11.5 Å². The molecular formula is C30H31F5N2O4. The van der Waals surface area contributed by atoms with Crippen molar-refractivity contribution in [2.75, 3.05) is 24.7 Å². The Balaban J connectivity index is 1.42. The van der Waals surface area contributed by atoms with Gasteiger partial charge in [-0.3, -0.25) is 0 Å². The number of ether oxygens (including phenoxy) is 3. The van der Waals surface area contributed by atoms with Crippen molar-refractivity contribution in [3.63, 3.8) is 0 Å². The molecular weight excluding hydrogens is 547 g/mol. The molecule has 0 atom stereocenters. The number of halogens is 5. The van der Waals surface area contributed by atoms with Gasteiger partial charge in [-0.1, -0.05) is 12.1 Å². The molecule has 41 heavy (non-hydrogen) atoms. The molecule has 0 aliphatic rings. The summed E-state index contributed by atoms with van der Waals surface area (Å²) >= 11 is 0. The second-order valence-electron chi connectivity index (χ2n) is 9.25. The zero-order chi connectivity index (χ0) is 29.9. The number of rotatable bonds is 14. The predicted octanol–water partition coefficient (Wildman–Crippen LogP) is 7.28. The molecule has 0 saturated heterocycles. The van der Waals surface area contributed by atoms with E-state index in [1.165, 1.54) is 48.6 Å². The fourth-order valence-corrected chi connectivity index (χ4v) is 3.77. The van der Waals surface area contributed by atoms with Crippen molar-refractivity contribution in [2.45, 2.75) is 44.4 Å². The summed E-state index contributed by atoms with van der Waals surface area (Å²) in [5.41, 5.74) is 13.5. The van der Waals surface area contributed by atoms with Crippen molar-refractivity contribution >= 4 is 23.4 Å². The molecule has 4 N–H and O–H groups in total. The lowest BCUT2D eigenvalue weighted by Gasteiger charge is -2.18. The Morgan fingerprint density at radius 1 is 0.780 bits per heavy atom. The molecule has 6 nitrogen and oxygen atoms in total. The van der Waals surface area contributed by atoms with Crippen LogP contribution in [0, 0.1) is 0 Å². The van der Waals surface area contributed by atoms with Gasteiger partial charge in [-0.25, -0.2) is 4.79 Å². The summed E-state index contributed by atoms with van der Waals surface area (Å²) in [5, 5.41) is 0. The second-order valence-corrected chi connectivity index (χ2v) is 9.25. The van der Waals surface area contributed by atoms with E-state index in [9.17, 15) is 26.7 Å². The van der Waals surface area contributed by atoms with Crippen LogP contribution in [0.5, 0.6) is 11.5 Å². The van der Waals surface area contributed by atoms with Crippen molar-refractivity contribution in [3.8, 4) is 11.5 Å². The maximum absolute atomic E-state index is 14.7. The molecule has 0 unspecified atom stereocenters. The molecule has 3 aromatic rings.